The summed E-state index contributed by atoms with van der Waals surface area (Å²) < 4.78 is 57.8. The van der Waals surface area contributed by atoms with Crippen molar-refractivity contribution in [2.45, 2.75) is 44.5 Å². The summed E-state index contributed by atoms with van der Waals surface area (Å²) in [6, 6.07) is 3.78. The quantitative estimate of drug-likeness (QED) is 0.556. The first kappa shape index (κ1) is 22.3. The summed E-state index contributed by atoms with van der Waals surface area (Å²) in [5.41, 5.74) is 0.132. The van der Waals surface area contributed by atoms with Gasteiger partial charge in [-0.25, -0.2) is 0 Å². The number of nitrogens with zero attached hydrogens (tertiary/aromatic N) is 3. The van der Waals surface area contributed by atoms with Crippen LogP contribution in [0.25, 0.3) is 22.3 Å². The van der Waals surface area contributed by atoms with Crippen molar-refractivity contribution in [2.75, 3.05) is 21.0 Å². The van der Waals surface area contributed by atoms with Crippen LogP contribution in [-0.4, -0.2) is 46.5 Å². The van der Waals surface area contributed by atoms with Crippen LogP contribution in [0.4, 0.5) is 13.2 Å². The van der Waals surface area contributed by atoms with Crippen molar-refractivity contribution >= 4 is 11.0 Å². The van der Waals surface area contributed by atoms with Gasteiger partial charge in [0, 0.05) is 24.9 Å². The van der Waals surface area contributed by atoms with E-state index in [9.17, 15) is 18.3 Å². The molecule has 1 aliphatic rings. The Bertz CT molecular complexity index is 1150. The number of aryl methyl sites for hydroxylation is 1. The molecule has 32 heavy (non-hydrogen) atoms. The molecule has 1 saturated carbocycles. The number of alkyl halides is 3. The summed E-state index contributed by atoms with van der Waals surface area (Å²) in [5, 5.41) is 19.4. The highest BCUT2D eigenvalue weighted by Crippen LogP contribution is 2.45. The first-order valence-corrected chi connectivity index (χ1v) is 10.0. The third kappa shape index (κ3) is 4.00. The topological polar surface area (TPSA) is 78.6 Å². The van der Waals surface area contributed by atoms with E-state index in [2.05, 4.69) is 10.2 Å². The van der Waals surface area contributed by atoms with Crippen LogP contribution in [0.2, 0.25) is 0 Å². The van der Waals surface area contributed by atoms with Gasteiger partial charge in [-0.15, -0.1) is 10.2 Å². The van der Waals surface area contributed by atoms with Crippen LogP contribution in [0.15, 0.2) is 24.4 Å². The number of rotatable bonds is 6. The fraction of sp³-hybridized carbons (Fsp3) is 0.455. The Morgan fingerprint density at radius 2 is 1.88 bits per heavy atom. The average Bonchev–Trinajstić information content (AvgIpc) is 3.07. The second-order valence-corrected chi connectivity index (χ2v) is 8.35. The van der Waals surface area contributed by atoms with Gasteiger partial charge in [-0.1, -0.05) is 0 Å². The lowest BCUT2D eigenvalue weighted by molar-refractivity contribution is -0.137. The summed E-state index contributed by atoms with van der Waals surface area (Å²) >= 11 is 0. The normalized spacial score (nSPS) is 20.9. The first-order valence-electron chi connectivity index (χ1n) is 10.0. The minimum absolute atomic E-state index is 0.00117. The summed E-state index contributed by atoms with van der Waals surface area (Å²) in [6.45, 7) is 3.13. The van der Waals surface area contributed by atoms with Gasteiger partial charge in [-0.05, 0) is 50.5 Å². The van der Waals surface area contributed by atoms with Crippen molar-refractivity contribution in [3.8, 4) is 22.8 Å². The second kappa shape index (κ2) is 7.93. The van der Waals surface area contributed by atoms with Crippen LogP contribution in [0.3, 0.4) is 0 Å². The third-order valence-electron chi connectivity index (χ3n) is 5.72. The molecular weight excluding hydrogens is 427 g/mol. The molecule has 1 aromatic carbocycles. The molecule has 0 unspecified atom stereocenters. The van der Waals surface area contributed by atoms with Gasteiger partial charge in [-0.3, -0.25) is 0 Å². The van der Waals surface area contributed by atoms with E-state index in [-0.39, 0.29) is 18.6 Å². The van der Waals surface area contributed by atoms with Gasteiger partial charge in [0.1, 0.15) is 11.5 Å². The molecule has 10 heteroatoms. The zero-order valence-corrected chi connectivity index (χ0v) is 18.2. The maximum atomic E-state index is 13.3. The molecule has 0 atom stereocenters. The highest BCUT2D eigenvalue weighted by atomic mass is 19.4. The molecule has 2 aromatic heterocycles. The smallest absolute Gasteiger partial charge is 0.416 e. The molecule has 4 rings (SSSR count). The van der Waals surface area contributed by atoms with E-state index in [0.717, 1.165) is 12.1 Å². The molecule has 0 amide bonds. The molecule has 172 valence electrons. The zero-order chi connectivity index (χ0) is 23.3. The lowest BCUT2D eigenvalue weighted by atomic mass is 9.77. The Morgan fingerprint density at radius 3 is 2.47 bits per heavy atom. The van der Waals surface area contributed by atoms with Gasteiger partial charge in [0.25, 0.3) is 0 Å². The lowest BCUT2D eigenvalue weighted by Gasteiger charge is -2.41. The van der Waals surface area contributed by atoms with E-state index in [1.807, 2.05) is 10.8 Å². The fourth-order valence-corrected chi connectivity index (χ4v) is 4.21. The van der Waals surface area contributed by atoms with Crippen LogP contribution in [0.1, 0.15) is 36.9 Å². The number of benzene rings is 1. The molecule has 0 saturated heterocycles. The SMILES string of the molecule is COCOc1cc(C(F)(F)F)cc(C)c1-c1cc2c(OC)cn(C3CC(C)(O)C3)c2nn1. The van der Waals surface area contributed by atoms with Crippen molar-refractivity contribution in [3.05, 3.63) is 35.5 Å². The molecule has 7 nitrogen and oxygen atoms in total. The summed E-state index contributed by atoms with van der Waals surface area (Å²) in [7, 11) is 2.92. The molecule has 0 bridgehead atoms. The van der Waals surface area contributed by atoms with Crippen LogP contribution >= 0.6 is 0 Å². The number of methoxy groups -OCH3 is 2. The molecule has 3 aromatic rings. The Labute approximate surface area is 182 Å². The minimum Gasteiger partial charge on any atom is -0.494 e. The van der Waals surface area contributed by atoms with Crippen LogP contribution < -0.4 is 9.47 Å². The van der Waals surface area contributed by atoms with Crippen molar-refractivity contribution in [2.24, 2.45) is 0 Å². The van der Waals surface area contributed by atoms with E-state index in [0.29, 0.717) is 46.4 Å². The predicted molar refractivity (Wildman–Crippen MR) is 111 cm³/mol. The standard InChI is InChI=1S/C22H24F3N3O4/c1-12-5-13(22(23,24)25)6-17(32-11-30-3)19(12)16-7-15-18(31-4)10-28(20(15)27-26-16)14-8-21(2,29)9-14/h5-7,10,14,29H,8-9,11H2,1-4H3. The van der Waals surface area contributed by atoms with Crippen LogP contribution in [-0.2, 0) is 10.9 Å². The van der Waals surface area contributed by atoms with Gasteiger partial charge in [0.05, 0.1) is 29.4 Å². The summed E-state index contributed by atoms with van der Waals surface area (Å²) in [4.78, 5) is 0. The van der Waals surface area contributed by atoms with Crippen LogP contribution in [0.5, 0.6) is 11.5 Å². The van der Waals surface area contributed by atoms with Crippen LogP contribution in [0, 0.1) is 6.92 Å². The molecule has 1 N–H and O–H groups in total. The maximum Gasteiger partial charge on any atom is 0.416 e. The van der Waals surface area contributed by atoms with E-state index in [1.54, 1.807) is 19.9 Å². The molecule has 0 radical (unpaired) electrons. The fourth-order valence-electron chi connectivity index (χ4n) is 4.21. The molecule has 1 fully saturated rings. The Balaban J connectivity index is 1.83. The van der Waals surface area contributed by atoms with E-state index in [1.165, 1.54) is 14.2 Å². The number of ether oxygens (including phenoxy) is 3. The van der Waals surface area contributed by atoms with E-state index in [4.69, 9.17) is 14.2 Å². The highest BCUT2D eigenvalue weighted by molar-refractivity contribution is 5.88. The summed E-state index contributed by atoms with van der Waals surface area (Å²) in [6.07, 6.45) is -1.55. The van der Waals surface area contributed by atoms with Crippen molar-refractivity contribution in [1.29, 1.82) is 0 Å². The zero-order valence-electron chi connectivity index (χ0n) is 18.2. The summed E-state index contributed by atoms with van der Waals surface area (Å²) in [5.74, 6) is 0.563. The number of hydrogen-bond donors (Lipinski definition) is 1. The van der Waals surface area contributed by atoms with Crippen molar-refractivity contribution in [1.82, 2.24) is 14.8 Å². The van der Waals surface area contributed by atoms with Gasteiger partial charge in [0.15, 0.2) is 12.4 Å². The Morgan fingerprint density at radius 1 is 1.16 bits per heavy atom. The number of fused-ring (bicyclic) bond motifs is 1. The molecule has 0 spiro atoms. The Hall–Kier alpha value is -2.85. The maximum absolute atomic E-state index is 13.3. The molecule has 0 aliphatic heterocycles. The molecular formula is C22H24F3N3O4. The van der Waals surface area contributed by atoms with Crippen molar-refractivity contribution in [3.63, 3.8) is 0 Å². The minimum atomic E-state index is -4.52. The first-order chi connectivity index (χ1) is 15.0. The monoisotopic (exact) mass is 451 g/mol. The van der Waals surface area contributed by atoms with E-state index >= 15 is 0 Å². The van der Waals surface area contributed by atoms with Gasteiger partial charge < -0.3 is 23.9 Å². The van der Waals surface area contributed by atoms with Gasteiger partial charge >= 0.3 is 6.18 Å². The number of aliphatic hydroxyl groups is 1. The second-order valence-electron chi connectivity index (χ2n) is 8.35. The van der Waals surface area contributed by atoms with E-state index < -0.39 is 17.3 Å². The molecule has 2 heterocycles. The Kier molecular flexibility index (Phi) is 5.54. The number of halogens is 3. The van der Waals surface area contributed by atoms with Gasteiger partial charge in [0.2, 0.25) is 0 Å². The lowest BCUT2D eigenvalue weighted by Crippen LogP contribution is -2.41. The third-order valence-corrected chi connectivity index (χ3v) is 5.72. The highest BCUT2D eigenvalue weighted by Gasteiger charge is 2.40. The van der Waals surface area contributed by atoms with Crippen molar-refractivity contribution < 1.29 is 32.5 Å². The number of hydrogen-bond acceptors (Lipinski definition) is 6. The van der Waals surface area contributed by atoms with Gasteiger partial charge in [-0.2, -0.15) is 13.2 Å². The molecule has 1 aliphatic carbocycles. The average molecular weight is 451 g/mol. The largest absolute Gasteiger partial charge is 0.494 e. The predicted octanol–water partition coefficient (Wildman–Crippen LogP) is 4.50. The number of aromatic nitrogens is 3.